The average Bonchev–Trinajstić information content (AvgIpc) is 3.40. The van der Waals surface area contributed by atoms with Gasteiger partial charge < -0.3 is 18.9 Å². The number of hydrogen-bond acceptors (Lipinski definition) is 4. The van der Waals surface area contributed by atoms with Crippen molar-refractivity contribution in [2.75, 3.05) is 13.3 Å². The van der Waals surface area contributed by atoms with Gasteiger partial charge in [0.25, 0.3) is 5.91 Å². The zero-order valence-corrected chi connectivity index (χ0v) is 18.5. The fourth-order valence-electron chi connectivity index (χ4n) is 4.00. The molecule has 0 atom stereocenters. The third-order valence-electron chi connectivity index (χ3n) is 5.74. The number of ether oxygens (including phenoxy) is 2. The number of unbranched alkanes of at least 4 members (excludes halogenated alkanes) is 3. The molecule has 0 saturated heterocycles. The first-order valence-electron chi connectivity index (χ1n) is 11.3. The molecule has 1 aliphatic rings. The molecule has 2 aromatic carbocycles. The van der Waals surface area contributed by atoms with Crippen molar-refractivity contribution in [3.8, 4) is 11.5 Å². The highest BCUT2D eigenvalue weighted by atomic mass is 16.7. The van der Waals surface area contributed by atoms with Gasteiger partial charge >= 0.3 is 0 Å². The molecular formula is C25H31N3O3. The predicted octanol–water partition coefficient (Wildman–Crippen LogP) is 5.40. The van der Waals surface area contributed by atoms with Crippen LogP contribution in [0.3, 0.4) is 0 Å². The van der Waals surface area contributed by atoms with E-state index < -0.39 is 0 Å². The molecule has 1 aliphatic heterocycles. The highest BCUT2D eigenvalue weighted by molar-refractivity contribution is 5.95. The van der Waals surface area contributed by atoms with Crippen LogP contribution in [0.4, 0.5) is 0 Å². The summed E-state index contributed by atoms with van der Waals surface area (Å²) in [5.74, 6) is 2.27. The maximum absolute atomic E-state index is 13.5. The summed E-state index contributed by atoms with van der Waals surface area (Å²) in [6, 6.07) is 13.6. The number of nitrogens with zero attached hydrogens (tertiary/aromatic N) is 3. The number of amides is 1. The lowest BCUT2D eigenvalue weighted by atomic mass is 10.1. The van der Waals surface area contributed by atoms with E-state index in [1.807, 2.05) is 35.2 Å². The molecule has 0 radical (unpaired) electrons. The standard InChI is InChI=1S/C25H31N3O3/c1-3-5-9-14-27(25(29)19-12-13-22-23(16-19)31-18-30-22)17-24-26-20-10-7-8-11-21(20)28(24)15-6-4-2/h7-8,10-13,16H,3-6,9,14-15,17-18H2,1-2H3. The van der Waals surface area contributed by atoms with Crippen molar-refractivity contribution < 1.29 is 14.3 Å². The van der Waals surface area contributed by atoms with Crippen molar-refractivity contribution in [2.24, 2.45) is 0 Å². The molecule has 3 aromatic rings. The number of aromatic nitrogens is 2. The van der Waals surface area contributed by atoms with E-state index in [4.69, 9.17) is 14.5 Å². The van der Waals surface area contributed by atoms with E-state index in [1.165, 1.54) is 0 Å². The van der Waals surface area contributed by atoms with Gasteiger partial charge in [0.1, 0.15) is 5.82 Å². The number of benzene rings is 2. The van der Waals surface area contributed by atoms with Crippen LogP contribution in [-0.2, 0) is 13.1 Å². The molecule has 4 rings (SSSR count). The molecule has 0 saturated carbocycles. The van der Waals surface area contributed by atoms with Crippen molar-refractivity contribution in [3.05, 3.63) is 53.9 Å². The lowest BCUT2D eigenvalue weighted by molar-refractivity contribution is 0.0733. The minimum atomic E-state index is 0.00324. The SMILES string of the molecule is CCCCCN(Cc1nc2ccccc2n1CCCC)C(=O)c1ccc2c(c1)OCO2. The van der Waals surface area contributed by atoms with E-state index in [1.54, 1.807) is 6.07 Å². The molecule has 0 unspecified atom stereocenters. The Labute approximate surface area is 183 Å². The summed E-state index contributed by atoms with van der Waals surface area (Å²) in [7, 11) is 0. The number of carbonyl (C=O) groups excluding carboxylic acids is 1. The lowest BCUT2D eigenvalue weighted by Crippen LogP contribution is -2.32. The molecule has 0 N–H and O–H groups in total. The van der Waals surface area contributed by atoms with Crippen LogP contribution < -0.4 is 9.47 Å². The highest BCUT2D eigenvalue weighted by Gasteiger charge is 2.22. The second kappa shape index (κ2) is 9.86. The maximum Gasteiger partial charge on any atom is 0.254 e. The van der Waals surface area contributed by atoms with Gasteiger partial charge in [-0.2, -0.15) is 0 Å². The van der Waals surface area contributed by atoms with Gasteiger partial charge in [-0.3, -0.25) is 4.79 Å². The van der Waals surface area contributed by atoms with Gasteiger partial charge in [-0.05, 0) is 43.2 Å². The Kier molecular flexibility index (Phi) is 6.75. The molecule has 6 heteroatoms. The van der Waals surface area contributed by atoms with Gasteiger partial charge in [0.2, 0.25) is 6.79 Å². The molecule has 1 amide bonds. The van der Waals surface area contributed by atoms with Crippen LogP contribution in [0.1, 0.15) is 62.1 Å². The van der Waals surface area contributed by atoms with Crippen LogP contribution in [0.15, 0.2) is 42.5 Å². The summed E-state index contributed by atoms with van der Waals surface area (Å²) in [6.45, 7) is 6.68. The van der Waals surface area contributed by atoms with Crippen LogP contribution in [0, 0.1) is 0 Å². The number of para-hydroxylation sites is 2. The monoisotopic (exact) mass is 421 g/mol. The van der Waals surface area contributed by atoms with Crippen molar-refractivity contribution in [1.29, 1.82) is 0 Å². The first kappa shape index (κ1) is 21.2. The zero-order chi connectivity index (χ0) is 21.6. The van der Waals surface area contributed by atoms with E-state index in [2.05, 4.69) is 24.5 Å². The fraction of sp³-hybridized carbons (Fsp3) is 0.440. The predicted molar refractivity (Wildman–Crippen MR) is 121 cm³/mol. The van der Waals surface area contributed by atoms with Crippen LogP contribution in [0.25, 0.3) is 11.0 Å². The summed E-state index contributed by atoms with van der Waals surface area (Å²) in [6.07, 6.45) is 5.38. The van der Waals surface area contributed by atoms with E-state index in [-0.39, 0.29) is 12.7 Å². The molecule has 164 valence electrons. The number of imidazole rings is 1. The van der Waals surface area contributed by atoms with Crippen LogP contribution >= 0.6 is 0 Å². The first-order chi connectivity index (χ1) is 15.2. The van der Waals surface area contributed by atoms with Crippen molar-refractivity contribution >= 4 is 16.9 Å². The van der Waals surface area contributed by atoms with E-state index in [0.29, 0.717) is 30.2 Å². The molecule has 1 aromatic heterocycles. The van der Waals surface area contributed by atoms with Crippen LogP contribution in [0.2, 0.25) is 0 Å². The normalized spacial score (nSPS) is 12.5. The van der Waals surface area contributed by atoms with Gasteiger partial charge in [-0.25, -0.2) is 4.98 Å². The summed E-state index contributed by atoms with van der Waals surface area (Å²) >= 11 is 0. The number of hydrogen-bond donors (Lipinski definition) is 0. The van der Waals surface area contributed by atoms with Crippen molar-refractivity contribution in [3.63, 3.8) is 0 Å². The quantitative estimate of drug-likeness (QED) is 0.412. The van der Waals surface area contributed by atoms with E-state index >= 15 is 0 Å². The molecule has 0 spiro atoms. The third kappa shape index (κ3) is 4.68. The highest BCUT2D eigenvalue weighted by Crippen LogP contribution is 2.33. The van der Waals surface area contributed by atoms with E-state index in [9.17, 15) is 4.79 Å². The van der Waals surface area contributed by atoms with Crippen LogP contribution in [-0.4, -0.2) is 33.7 Å². The second-order valence-corrected chi connectivity index (χ2v) is 8.02. The van der Waals surface area contributed by atoms with Gasteiger partial charge in [-0.15, -0.1) is 0 Å². The van der Waals surface area contributed by atoms with Crippen molar-refractivity contribution in [1.82, 2.24) is 14.5 Å². The summed E-state index contributed by atoms with van der Waals surface area (Å²) in [5, 5.41) is 0. The molecule has 31 heavy (non-hydrogen) atoms. The lowest BCUT2D eigenvalue weighted by Gasteiger charge is -2.23. The Morgan fingerprint density at radius 3 is 2.68 bits per heavy atom. The molecule has 0 fully saturated rings. The number of fused-ring (bicyclic) bond motifs is 2. The molecular weight excluding hydrogens is 390 g/mol. The van der Waals surface area contributed by atoms with Gasteiger partial charge in [0.05, 0.1) is 17.6 Å². The Bertz CT molecular complexity index is 1040. The second-order valence-electron chi connectivity index (χ2n) is 8.02. The summed E-state index contributed by atoms with van der Waals surface area (Å²) in [5.41, 5.74) is 2.74. The van der Waals surface area contributed by atoms with Crippen molar-refractivity contribution in [2.45, 2.75) is 59.0 Å². The number of rotatable bonds is 10. The topological polar surface area (TPSA) is 56.6 Å². The number of carbonyl (C=O) groups is 1. The Hall–Kier alpha value is -3.02. The fourth-order valence-corrected chi connectivity index (χ4v) is 4.00. The molecule has 0 aliphatic carbocycles. The maximum atomic E-state index is 13.5. The Morgan fingerprint density at radius 2 is 1.84 bits per heavy atom. The van der Waals surface area contributed by atoms with Gasteiger partial charge in [-0.1, -0.05) is 45.2 Å². The Balaban J connectivity index is 1.63. The molecule has 6 nitrogen and oxygen atoms in total. The molecule has 0 bridgehead atoms. The van der Waals surface area contributed by atoms with Gasteiger partial charge in [0.15, 0.2) is 11.5 Å². The first-order valence-corrected chi connectivity index (χ1v) is 11.3. The largest absolute Gasteiger partial charge is 0.454 e. The smallest absolute Gasteiger partial charge is 0.254 e. The minimum Gasteiger partial charge on any atom is -0.454 e. The summed E-state index contributed by atoms with van der Waals surface area (Å²) in [4.78, 5) is 20.3. The summed E-state index contributed by atoms with van der Waals surface area (Å²) < 4.78 is 13.2. The van der Waals surface area contributed by atoms with Gasteiger partial charge in [0, 0.05) is 18.7 Å². The average molecular weight is 422 g/mol. The molecule has 2 heterocycles. The van der Waals surface area contributed by atoms with Crippen LogP contribution in [0.5, 0.6) is 11.5 Å². The number of aryl methyl sites for hydroxylation is 1. The third-order valence-corrected chi connectivity index (χ3v) is 5.74. The zero-order valence-electron chi connectivity index (χ0n) is 18.5. The Morgan fingerprint density at radius 1 is 1.03 bits per heavy atom. The minimum absolute atomic E-state index is 0.00324. The van der Waals surface area contributed by atoms with E-state index in [0.717, 1.165) is 55.5 Å².